The molecule has 1 amide bonds. The molecule has 0 aliphatic carbocycles. The normalized spacial score (nSPS) is 15.0. The number of hydrogen-bond acceptors (Lipinski definition) is 6. The van der Waals surface area contributed by atoms with Crippen LogP contribution in [0.4, 0.5) is 11.6 Å². The number of anilines is 2. The summed E-state index contributed by atoms with van der Waals surface area (Å²) in [6.07, 6.45) is 0. The molecule has 0 unspecified atom stereocenters. The van der Waals surface area contributed by atoms with E-state index in [1.54, 1.807) is 6.07 Å². The average Bonchev–Trinajstić information content (AvgIpc) is 2.63. The highest BCUT2D eigenvalue weighted by Crippen LogP contribution is 2.24. The van der Waals surface area contributed by atoms with Gasteiger partial charge in [-0.1, -0.05) is 12.1 Å². The highest BCUT2D eigenvalue weighted by Gasteiger charge is 2.19. The van der Waals surface area contributed by atoms with Crippen LogP contribution in [-0.4, -0.2) is 60.6 Å². The van der Waals surface area contributed by atoms with Gasteiger partial charge in [0.15, 0.2) is 0 Å². The number of likely N-dealkylation sites (N-methyl/N-ethyl adjacent to an activating group) is 1. The van der Waals surface area contributed by atoms with Crippen LogP contribution in [0.25, 0.3) is 0 Å². The molecule has 1 aromatic heterocycles. The summed E-state index contributed by atoms with van der Waals surface area (Å²) in [6.45, 7) is 7.96. The number of piperazine rings is 1. The predicted octanol–water partition coefficient (Wildman–Crippen LogP) is 2.19. The third-order valence-corrected chi connectivity index (χ3v) is 4.30. The molecule has 1 aliphatic heterocycles. The number of aromatic nitrogens is 2. The number of carbonyl (C=O) groups excluding carboxylic acids is 1. The molecule has 26 heavy (non-hydrogen) atoms. The summed E-state index contributed by atoms with van der Waals surface area (Å²) in [5, 5.41) is 2.90. The second-order valence-electron chi connectivity index (χ2n) is 6.37. The lowest BCUT2D eigenvalue weighted by molar-refractivity contribution is 0.102. The molecule has 2 aromatic rings. The van der Waals surface area contributed by atoms with Crippen molar-refractivity contribution in [1.29, 1.82) is 0 Å². The summed E-state index contributed by atoms with van der Waals surface area (Å²) in [5.74, 6) is 0.993. The van der Waals surface area contributed by atoms with E-state index in [0.717, 1.165) is 31.9 Å². The number of para-hydroxylation sites is 2. The molecule has 0 atom stereocenters. The number of ether oxygens (including phenoxy) is 1. The maximum atomic E-state index is 12.7. The summed E-state index contributed by atoms with van der Waals surface area (Å²) >= 11 is 0. The minimum Gasteiger partial charge on any atom is -0.492 e. The zero-order valence-corrected chi connectivity index (χ0v) is 15.5. The monoisotopic (exact) mass is 355 g/mol. The molecule has 7 heteroatoms. The first-order chi connectivity index (χ1) is 12.6. The highest BCUT2D eigenvalue weighted by atomic mass is 16.5. The molecule has 0 spiro atoms. The van der Waals surface area contributed by atoms with Crippen molar-refractivity contribution in [2.24, 2.45) is 0 Å². The first-order valence-corrected chi connectivity index (χ1v) is 8.89. The van der Waals surface area contributed by atoms with Crippen LogP contribution in [0.3, 0.4) is 0 Å². The fraction of sp³-hybridized carbons (Fsp3) is 0.421. The van der Waals surface area contributed by atoms with E-state index >= 15 is 0 Å². The summed E-state index contributed by atoms with van der Waals surface area (Å²) in [6, 6.07) is 9.09. The topological polar surface area (TPSA) is 70.6 Å². The molecule has 1 fully saturated rings. The smallest absolute Gasteiger partial charge is 0.274 e. The first kappa shape index (κ1) is 18.1. The molecule has 138 valence electrons. The molecule has 3 rings (SSSR count). The predicted molar refractivity (Wildman–Crippen MR) is 102 cm³/mol. The number of benzene rings is 1. The molecule has 0 saturated carbocycles. The number of aryl methyl sites for hydroxylation is 1. The number of amides is 1. The Hall–Kier alpha value is -2.67. The SMILES string of the molecule is CCOc1ccccc1NC(=O)c1cc(C)nc(N2CCN(C)CC2)n1. The van der Waals surface area contributed by atoms with Gasteiger partial charge in [-0.3, -0.25) is 4.79 Å². The molecule has 1 saturated heterocycles. The van der Waals surface area contributed by atoms with E-state index in [9.17, 15) is 4.79 Å². The second kappa shape index (κ2) is 8.14. The summed E-state index contributed by atoms with van der Waals surface area (Å²) < 4.78 is 5.57. The fourth-order valence-electron chi connectivity index (χ4n) is 2.85. The van der Waals surface area contributed by atoms with E-state index < -0.39 is 0 Å². The van der Waals surface area contributed by atoms with Gasteiger partial charge in [0, 0.05) is 31.9 Å². The summed E-state index contributed by atoms with van der Waals surface area (Å²) in [4.78, 5) is 26.1. The van der Waals surface area contributed by atoms with Gasteiger partial charge in [0.05, 0.1) is 12.3 Å². The fourth-order valence-corrected chi connectivity index (χ4v) is 2.85. The van der Waals surface area contributed by atoms with Crippen molar-refractivity contribution in [3.8, 4) is 5.75 Å². The van der Waals surface area contributed by atoms with Gasteiger partial charge < -0.3 is 19.9 Å². The van der Waals surface area contributed by atoms with Gasteiger partial charge in [0.1, 0.15) is 11.4 Å². The van der Waals surface area contributed by atoms with Gasteiger partial charge in [0.25, 0.3) is 5.91 Å². The van der Waals surface area contributed by atoms with Crippen LogP contribution in [-0.2, 0) is 0 Å². The number of nitrogens with zero attached hydrogens (tertiary/aromatic N) is 4. The maximum absolute atomic E-state index is 12.7. The van der Waals surface area contributed by atoms with E-state index in [-0.39, 0.29) is 5.91 Å². The first-order valence-electron chi connectivity index (χ1n) is 8.89. The van der Waals surface area contributed by atoms with Crippen molar-refractivity contribution in [3.05, 3.63) is 41.7 Å². The number of hydrogen-bond donors (Lipinski definition) is 1. The van der Waals surface area contributed by atoms with Crippen LogP contribution in [0.5, 0.6) is 5.75 Å². The summed E-state index contributed by atoms with van der Waals surface area (Å²) in [7, 11) is 2.10. The molecular weight excluding hydrogens is 330 g/mol. The Morgan fingerprint density at radius 3 is 2.65 bits per heavy atom. The van der Waals surface area contributed by atoms with Crippen molar-refractivity contribution < 1.29 is 9.53 Å². The zero-order chi connectivity index (χ0) is 18.5. The van der Waals surface area contributed by atoms with Crippen LogP contribution in [0.15, 0.2) is 30.3 Å². The van der Waals surface area contributed by atoms with Crippen molar-refractivity contribution in [1.82, 2.24) is 14.9 Å². The van der Waals surface area contributed by atoms with Crippen molar-refractivity contribution in [2.75, 3.05) is 50.1 Å². The quantitative estimate of drug-likeness (QED) is 0.887. The zero-order valence-electron chi connectivity index (χ0n) is 15.5. The maximum Gasteiger partial charge on any atom is 0.274 e. The number of carbonyl (C=O) groups is 1. The Kier molecular flexibility index (Phi) is 5.68. The lowest BCUT2D eigenvalue weighted by atomic mass is 10.2. The van der Waals surface area contributed by atoms with Gasteiger partial charge in [-0.25, -0.2) is 9.97 Å². The van der Waals surface area contributed by atoms with Crippen molar-refractivity contribution >= 4 is 17.5 Å². The van der Waals surface area contributed by atoms with Crippen LogP contribution >= 0.6 is 0 Å². The standard InChI is InChI=1S/C19H25N5O2/c1-4-26-17-8-6-5-7-15(17)21-18(25)16-13-14(2)20-19(22-16)24-11-9-23(3)10-12-24/h5-8,13H,4,9-12H2,1-3H3,(H,21,25). The van der Waals surface area contributed by atoms with Crippen LogP contribution in [0, 0.1) is 6.92 Å². The van der Waals surface area contributed by atoms with Crippen LogP contribution < -0.4 is 15.0 Å². The van der Waals surface area contributed by atoms with Gasteiger partial charge in [0.2, 0.25) is 5.95 Å². The van der Waals surface area contributed by atoms with Crippen molar-refractivity contribution in [2.45, 2.75) is 13.8 Å². The Balaban J connectivity index is 1.79. The third-order valence-electron chi connectivity index (χ3n) is 4.30. The molecular formula is C19H25N5O2. The number of rotatable bonds is 5. The van der Waals surface area contributed by atoms with E-state index in [4.69, 9.17) is 4.74 Å². The molecule has 7 nitrogen and oxygen atoms in total. The largest absolute Gasteiger partial charge is 0.492 e. The molecule has 0 radical (unpaired) electrons. The molecule has 0 bridgehead atoms. The molecule has 2 heterocycles. The Morgan fingerprint density at radius 1 is 1.19 bits per heavy atom. The van der Waals surface area contributed by atoms with Gasteiger partial charge >= 0.3 is 0 Å². The molecule has 1 N–H and O–H groups in total. The third kappa shape index (κ3) is 4.29. The van der Waals surface area contributed by atoms with E-state index in [2.05, 4.69) is 32.1 Å². The Labute approximate surface area is 154 Å². The Bertz CT molecular complexity index is 772. The summed E-state index contributed by atoms with van der Waals surface area (Å²) in [5.41, 5.74) is 1.77. The van der Waals surface area contributed by atoms with E-state index in [1.165, 1.54) is 0 Å². The minimum absolute atomic E-state index is 0.266. The van der Waals surface area contributed by atoms with Gasteiger partial charge in [-0.15, -0.1) is 0 Å². The minimum atomic E-state index is -0.266. The molecule has 1 aromatic carbocycles. The van der Waals surface area contributed by atoms with Gasteiger partial charge in [-0.2, -0.15) is 0 Å². The number of nitrogens with one attached hydrogen (secondary N) is 1. The van der Waals surface area contributed by atoms with E-state index in [0.29, 0.717) is 29.7 Å². The average molecular weight is 355 g/mol. The highest BCUT2D eigenvalue weighted by molar-refractivity contribution is 6.03. The van der Waals surface area contributed by atoms with Crippen LogP contribution in [0.1, 0.15) is 23.1 Å². The van der Waals surface area contributed by atoms with Gasteiger partial charge in [-0.05, 0) is 39.1 Å². The lowest BCUT2D eigenvalue weighted by Gasteiger charge is -2.32. The van der Waals surface area contributed by atoms with Crippen molar-refractivity contribution in [3.63, 3.8) is 0 Å². The molecule has 1 aliphatic rings. The van der Waals surface area contributed by atoms with Crippen LogP contribution in [0.2, 0.25) is 0 Å². The second-order valence-corrected chi connectivity index (χ2v) is 6.37. The van der Waals surface area contributed by atoms with E-state index in [1.807, 2.05) is 38.1 Å². The lowest BCUT2D eigenvalue weighted by Crippen LogP contribution is -2.45. The Morgan fingerprint density at radius 2 is 1.92 bits per heavy atom.